The fourth-order valence-corrected chi connectivity index (χ4v) is 1.55. The van der Waals surface area contributed by atoms with Crippen molar-refractivity contribution in [3.8, 4) is 6.07 Å². The molecule has 0 bridgehead atoms. The number of rotatable bonds is 1. The Morgan fingerprint density at radius 3 is 2.77 bits per heavy atom. The third-order valence-corrected chi connectivity index (χ3v) is 2.53. The van der Waals surface area contributed by atoms with Crippen LogP contribution in [0.25, 0.3) is 0 Å². The number of nitriles is 1. The molecule has 2 heteroatoms. The topological polar surface area (TPSA) is 35.8 Å². The molecule has 0 aromatic carbocycles. The van der Waals surface area contributed by atoms with Crippen molar-refractivity contribution in [1.82, 2.24) is 5.32 Å². The van der Waals surface area contributed by atoms with Crippen LogP contribution in [0.5, 0.6) is 0 Å². The van der Waals surface area contributed by atoms with Crippen LogP contribution in [0.1, 0.15) is 6.42 Å². The lowest BCUT2D eigenvalue weighted by Gasteiger charge is -2.28. The highest BCUT2D eigenvalue weighted by atomic mass is 14.9. The summed E-state index contributed by atoms with van der Waals surface area (Å²) in [6.45, 7) is 2.16. The van der Waals surface area contributed by atoms with Crippen LogP contribution in [0.4, 0.5) is 0 Å². The Morgan fingerprint density at radius 1 is 1.31 bits per heavy atom. The van der Waals surface area contributed by atoms with Crippen molar-refractivity contribution in [2.24, 2.45) is 5.92 Å². The van der Waals surface area contributed by atoms with Crippen molar-refractivity contribution in [2.75, 3.05) is 13.1 Å². The smallest absolute Gasteiger partial charge is 0.0988 e. The van der Waals surface area contributed by atoms with Gasteiger partial charge in [-0.2, -0.15) is 5.26 Å². The Balaban J connectivity index is 2.09. The van der Waals surface area contributed by atoms with Gasteiger partial charge in [-0.1, -0.05) is 18.2 Å². The van der Waals surface area contributed by atoms with Gasteiger partial charge in [0.1, 0.15) is 0 Å². The molecule has 1 saturated heterocycles. The zero-order valence-corrected chi connectivity index (χ0v) is 7.46. The molecule has 0 aromatic heterocycles. The molecule has 0 unspecified atom stereocenters. The first-order valence-corrected chi connectivity index (χ1v) is 4.59. The molecule has 0 spiro atoms. The summed E-state index contributed by atoms with van der Waals surface area (Å²) in [7, 11) is 0. The van der Waals surface area contributed by atoms with Gasteiger partial charge in [0.05, 0.1) is 6.07 Å². The maximum atomic E-state index is 8.71. The summed E-state index contributed by atoms with van der Waals surface area (Å²) in [5, 5.41) is 12.0. The van der Waals surface area contributed by atoms with Crippen LogP contribution in [0, 0.1) is 17.2 Å². The maximum Gasteiger partial charge on any atom is 0.0988 e. The van der Waals surface area contributed by atoms with E-state index in [4.69, 9.17) is 5.26 Å². The van der Waals surface area contributed by atoms with Gasteiger partial charge < -0.3 is 5.32 Å². The molecule has 66 valence electrons. The second kappa shape index (κ2) is 3.59. The number of hydrogen-bond acceptors (Lipinski definition) is 2. The Morgan fingerprint density at radius 2 is 2.15 bits per heavy atom. The summed E-state index contributed by atoms with van der Waals surface area (Å²) in [5.41, 5.74) is 2.15. The molecule has 1 aliphatic heterocycles. The monoisotopic (exact) mass is 172 g/mol. The van der Waals surface area contributed by atoms with E-state index in [0.29, 0.717) is 5.92 Å². The van der Waals surface area contributed by atoms with Gasteiger partial charge in [-0.25, -0.2) is 0 Å². The number of allylic oxidation sites excluding steroid dienone is 5. The molecule has 2 nitrogen and oxygen atoms in total. The first-order valence-electron chi connectivity index (χ1n) is 4.59. The lowest BCUT2D eigenvalue weighted by atomic mass is 9.92. The van der Waals surface area contributed by atoms with Crippen LogP contribution in [-0.2, 0) is 0 Å². The standard InChI is InChI=1S/C11H12N2/c12-6-9-2-1-3-10(5-4-9)11-7-13-8-11/h2-5,11,13H,1,7-8H2. The Kier molecular flexibility index (Phi) is 2.29. The Hall–Kier alpha value is -1.33. The van der Waals surface area contributed by atoms with E-state index >= 15 is 0 Å². The minimum Gasteiger partial charge on any atom is -0.315 e. The van der Waals surface area contributed by atoms with Gasteiger partial charge in [0.2, 0.25) is 0 Å². The molecule has 1 N–H and O–H groups in total. The van der Waals surface area contributed by atoms with Crippen LogP contribution in [0.3, 0.4) is 0 Å². The maximum absolute atomic E-state index is 8.71. The molecule has 1 heterocycles. The van der Waals surface area contributed by atoms with Gasteiger partial charge in [-0.15, -0.1) is 0 Å². The Bertz CT molecular complexity index is 324. The highest BCUT2D eigenvalue weighted by Crippen LogP contribution is 2.20. The first-order chi connectivity index (χ1) is 6.40. The summed E-state index contributed by atoms with van der Waals surface area (Å²) in [6.07, 6.45) is 9.06. The van der Waals surface area contributed by atoms with E-state index in [1.165, 1.54) is 5.57 Å². The van der Waals surface area contributed by atoms with Crippen molar-refractivity contribution in [1.29, 1.82) is 5.26 Å². The fourth-order valence-electron chi connectivity index (χ4n) is 1.55. The van der Waals surface area contributed by atoms with Gasteiger partial charge in [0, 0.05) is 24.6 Å². The van der Waals surface area contributed by atoms with Crippen LogP contribution in [-0.4, -0.2) is 13.1 Å². The summed E-state index contributed by atoms with van der Waals surface area (Å²) in [4.78, 5) is 0. The van der Waals surface area contributed by atoms with E-state index in [9.17, 15) is 0 Å². The zero-order valence-electron chi connectivity index (χ0n) is 7.46. The molecule has 0 saturated carbocycles. The van der Waals surface area contributed by atoms with E-state index in [0.717, 1.165) is 25.1 Å². The summed E-state index contributed by atoms with van der Waals surface area (Å²) < 4.78 is 0. The molecule has 0 amide bonds. The summed E-state index contributed by atoms with van der Waals surface area (Å²) in [5.74, 6) is 0.669. The predicted molar refractivity (Wildman–Crippen MR) is 51.9 cm³/mol. The van der Waals surface area contributed by atoms with Crippen LogP contribution >= 0.6 is 0 Å². The van der Waals surface area contributed by atoms with Crippen molar-refractivity contribution in [2.45, 2.75) is 6.42 Å². The largest absolute Gasteiger partial charge is 0.315 e. The van der Waals surface area contributed by atoms with E-state index < -0.39 is 0 Å². The first kappa shape index (κ1) is 8.28. The van der Waals surface area contributed by atoms with Gasteiger partial charge in [-0.3, -0.25) is 0 Å². The molecule has 1 aliphatic carbocycles. The minimum absolute atomic E-state index is 0.669. The van der Waals surface area contributed by atoms with Gasteiger partial charge in [-0.05, 0) is 18.1 Å². The number of nitrogens with one attached hydrogen (secondary N) is 1. The molecule has 0 radical (unpaired) electrons. The van der Waals surface area contributed by atoms with Crippen LogP contribution in [0.15, 0.2) is 35.5 Å². The second-order valence-electron chi connectivity index (χ2n) is 3.40. The van der Waals surface area contributed by atoms with E-state index in [1.807, 2.05) is 12.2 Å². The van der Waals surface area contributed by atoms with Crippen LogP contribution < -0.4 is 5.32 Å². The average Bonchev–Trinajstić information content (AvgIpc) is 2.27. The van der Waals surface area contributed by atoms with Crippen molar-refractivity contribution < 1.29 is 0 Å². The lowest BCUT2D eigenvalue weighted by molar-refractivity contribution is 0.405. The lowest BCUT2D eigenvalue weighted by Crippen LogP contribution is -2.42. The molecule has 1 fully saturated rings. The average molecular weight is 172 g/mol. The molecule has 0 atom stereocenters. The van der Waals surface area contributed by atoms with Gasteiger partial charge in [0.15, 0.2) is 0 Å². The normalized spacial score (nSPS) is 22.4. The zero-order chi connectivity index (χ0) is 9.10. The van der Waals surface area contributed by atoms with Gasteiger partial charge in [0.25, 0.3) is 0 Å². The third kappa shape index (κ3) is 1.71. The number of nitrogens with zero attached hydrogens (tertiary/aromatic N) is 1. The summed E-state index contributed by atoms with van der Waals surface area (Å²) >= 11 is 0. The van der Waals surface area contributed by atoms with Crippen molar-refractivity contribution in [3.05, 3.63) is 35.5 Å². The quantitative estimate of drug-likeness (QED) is 0.651. The highest BCUT2D eigenvalue weighted by Gasteiger charge is 2.19. The molecule has 0 aromatic rings. The van der Waals surface area contributed by atoms with E-state index in [2.05, 4.69) is 23.5 Å². The minimum atomic E-state index is 0.669. The van der Waals surface area contributed by atoms with Gasteiger partial charge >= 0.3 is 0 Å². The second-order valence-corrected chi connectivity index (χ2v) is 3.40. The SMILES string of the molecule is N#CC1=CCC=C(C2CNC2)C=C1. The van der Waals surface area contributed by atoms with Crippen molar-refractivity contribution in [3.63, 3.8) is 0 Å². The predicted octanol–water partition coefficient (Wildman–Crippen LogP) is 1.54. The number of hydrogen-bond donors (Lipinski definition) is 1. The molecule has 2 aliphatic rings. The summed E-state index contributed by atoms with van der Waals surface area (Å²) in [6, 6.07) is 2.16. The van der Waals surface area contributed by atoms with Crippen LogP contribution in [0.2, 0.25) is 0 Å². The third-order valence-electron chi connectivity index (χ3n) is 2.53. The van der Waals surface area contributed by atoms with Crippen molar-refractivity contribution >= 4 is 0 Å². The Labute approximate surface area is 78.3 Å². The molecular formula is C11H12N2. The fraction of sp³-hybridized carbons (Fsp3) is 0.364. The van der Waals surface area contributed by atoms with E-state index in [-0.39, 0.29) is 0 Å². The van der Waals surface area contributed by atoms with E-state index in [1.54, 1.807) is 0 Å². The molecular weight excluding hydrogens is 160 g/mol. The molecule has 2 rings (SSSR count). The molecule has 13 heavy (non-hydrogen) atoms. The highest BCUT2D eigenvalue weighted by molar-refractivity contribution is 5.41.